The summed E-state index contributed by atoms with van der Waals surface area (Å²) in [7, 11) is 0. The Morgan fingerprint density at radius 2 is 1.65 bits per heavy atom. The van der Waals surface area contributed by atoms with Gasteiger partial charge < -0.3 is 34.8 Å². The number of benzene rings is 1. The van der Waals surface area contributed by atoms with Crippen LogP contribution in [0.2, 0.25) is 0 Å². The van der Waals surface area contributed by atoms with Crippen LogP contribution >= 0.6 is 0 Å². The van der Waals surface area contributed by atoms with Crippen LogP contribution in [0.3, 0.4) is 0 Å². The van der Waals surface area contributed by atoms with Crippen molar-refractivity contribution in [2.75, 3.05) is 44.9 Å². The molecule has 0 saturated carbocycles. The number of ether oxygens (including phenoxy) is 2. The fourth-order valence-corrected chi connectivity index (χ4v) is 7.89. The van der Waals surface area contributed by atoms with Crippen LogP contribution in [0.5, 0.6) is 0 Å². The summed E-state index contributed by atoms with van der Waals surface area (Å²) < 4.78 is 11.7. The molecule has 1 aromatic carbocycles. The molecule has 5 heterocycles. The van der Waals surface area contributed by atoms with Crippen LogP contribution in [0.1, 0.15) is 57.9 Å². The van der Waals surface area contributed by atoms with E-state index >= 15 is 0 Å². The van der Waals surface area contributed by atoms with Crippen LogP contribution in [0.4, 0.5) is 10.6 Å². The van der Waals surface area contributed by atoms with Crippen LogP contribution in [-0.2, 0) is 39.9 Å². The highest BCUT2D eigenvalue weighted by Gasteiger charge is 2.44. The molecule has 296 valence electrons. The van der Waals surface area contributed by atoms with Crippen LogP contribution in [0.25, 0.3) is 0 Å². The maximum absolute atomic E-state index is 14.5. The van der Waals surface area contributed by atoms with Crippen LogP contribution in [-0.4, -0.2) is 131 Å². The second kappa shape index (κ2) is 18.5. The number of rotatable bonds is 6. The molecule has 2 aromatic rings. The van der Waals surface area contributed by atoms with E-state index in [-0.39, 0.29) is 55.9 Å². The first-order valence-electron chi connectivity index (χ1n) is 19.3. The average molecular weight is 761 g/mol. The van der Waals surface area contributed by atoms with Gasteiger partial charge in [0, 0.05) is 32.3 Å². The van der Waals surface area contributed by atoms with Gasteiger partial charge in [0.05, 0.1) is 25.4 Å². The minimum atomic E-state index is -1.40. The van der Waals surface area contributed by atoms with E-state index in [0.29, 0.717) is 32.4 Å². The molecule has 16 heteroatoms. The minimum absolute atomic E-state index is 0.0203. The number of urea groups is 1. The molecular formula is C39H52N8O8. The van der Waals surface area contributed by atoms with E-state index in [2.05, 4.69) is 26.3 Å². The molecule has 4 N–H and O–H groups in total. The number of nitrogens with one attached hydrogen (secondary N) is 4. The van der Waals surface area contributed by atoms with E-state index < -0.39 is 60.6 Å². The molecule has 0 spiro atoms. The van der Waals surface area contributed by atoms with E-state index in [1.807, 2.05) is 37.3 Å². The number of hydrogen-bond donors (Lipinski definition) is 4. The second-order valence-electron chi connectivity index (χ2n) is 14.9. The smallest absolute Gasteiger partial charge is 0.328 e. The molecule has 1 aromatic heterocycles. The van der Waals surface area contributed by atoms with Crippen molar-refractivity contribution in [2.24, 2.45) is 5.92 Å². The van der Waals surface area contributed by atoms with Crippen molar-refractivity contribution in [2.45, 2.75) is 95.0 Å². The van der Waals surface area contributed by atoms with Crippen molar-refractivity contribution in [1.29, 1.82) is 0 Å². The minimum Gasteiger partial charge on any atom is -0.461 e. The predicted molar refractivity (Wildman–Crippen MR) is 200 cm³/mol. The fourth-order valence-electron chi connectivity index (χ4n) is 7.89. The molecule has 4 fully saturated rings. The Labute approximate surface area is 321 Å². The number of cyclic esters (lactones) is 1. The van der Waals surface area contributed by atoms with Gasteiger partial charge in [-0.3, -0.25) is 29.8 Å². The number of esters is 1. The van der Waals surface area contributed by atoms with Crippen molar-refractivity contribution < 1.29 is 38.2 Å². The van der Waals surface area contributed by atoms with Gasteiger partial charge in [0.25, 0.3) is 0 Å². The monoisotopic (exact) mass is 760 g/mol. The fraction of sp³-hybridized carbons (Fsp3) is 0.564. The van der Waals surface area contributed by atoms with Gasteiger partial charge in [-0.25, -0.2) is 14.6 Å². The average Bonchev–Trinajstić information content (AvgIpc) is 3.84. The first-order valence-corrected chi connectivity index (χ1v) is 19.3. The lowest BCUT2D eigenvalue weighted by molar-refractivity contribution is -0.157. The summed E-state index contributed by atoms with van der Waals surface area (Å²) in [4.78, 5) is 92.2. The summed E-state index contributed by atoms with van der Waals surface area (Å²) in [6.45, 7) is 4.61. The first-order chi connectivity index (χ1) is 26.6. The number of piperidine rings is 1. The summed E-state index contributed by atoms with van der Waals surface area (Å²) in [5.41, 5.74) is 0.748. The highest BCUT2D eigenvalue weighted by atomic mass is 16.5. The third-order valence-corrected chi connectivity index (χ3v) is 10.8. The molecule has 4 aliphatic heterocycles. The number of nitrogens with zero attached hydrogens (tertiary/aromatic N) is 4. The van der Waals surface area contributed by atoms with E-state index in [9.17, 15) is 28.8 Å². The molecule has 0 radical (unpaired) electrons. The van der Waals surface area contributed by atoms with E-state index in [1.54, 1.807) is 30.0 Å². The van der Waals surface area contributed by atoms with Crippen molar-refractivity contribution in [3.05, 3.63) is 60.3 Å². The number of carbonyl (C=O) groups excluding carboxylic acids is 6. The van der Waals surface area contributed by atoms with Crippen LogP contribution < -0.4 is 21.3 Å². The molecule has 16 nitrogen and oxygen atoms in total. The van der Waals surface area contributed by atoms with Gasteiger partial charge in [0.2, 0.25) is 23.6 Å². The zero-order valence-corrected chi connectivity index (χ0v) is 31.5. The van der Waals surface area contributed by atoms with E-state index in [4.69, 9.17) is 9.47 Å². The van der Waals surface area contributed by atoms with Crippen LogP contribution in [0.15, 0.2) is 54.7 Å². The van der Waals surface area contributed by atoms with Gasteiger partial charge in [-0.2, -0.15) is 0 Å². The number of fused-ring (bicyclic) bond motifs is 3. The SMILES string of the molecule is C[C@@H]1C[C@H]2C(=O)OC[C@H](NC(=O)[C@H](Cc3ccccc3)NC(=O)Nc3ccccn3)C(=O)N3CCC[C@H]3C(=O)N3CCCC[C@H]3COCN[C@@H](C)C(=O)N2C1. The molecule has 55 heavy (non-hydrogen) atoms. The Bertz CT molecular complexity index is 1680. The number of hydrogen-bond acceptors (Lipinski definition) is 10. The van der Waals surface area contributed by atoms with Crippen molar-refractivity contribution >= 4 is 41.4 Å². The zero-order chi connectivity index (χ0) is 38.9. The molecule has 4 saturated heterocycles. The molecule has 6 amide bonds. The van der Waals surface area contributed by atoms with E-state index in [1.165, 1.54) is 16.0 Å². The number of pyridine rings is 1. The Balaban J connectivity index is 1.28. The lowest BCUT2D eigenvalue weighted by Gasteiger charge is -2.39. The molecule has 4 aliphatic rings. The van der Waals surface area contributed by atoms with Crippen molar-refractivity contribution in [3.63, 3.8) is 0 Å². The predicted octanol–water partition coefficient (Wildman–Crippen LogP) is 1.42. The largest absolute Gasteiger partial charge is 0.461 e. The molecular weight excluding hydrogens is 708 g/mol. The van der Waals surface area contributed by atoms with Gasteiger partial charge in [-0.05, 0) is 69.1 Å². The van der Waals surface area contributed by atoms with Crippen molar-refractivity contribution in [3.8, 4) is 0 Å². The molecule has 0 aliphatic carbocycles. The standard InChI is InChI=1S/C39H52N8O8/c1-25-19-32-38(52)55-23-30(42-34(48)29(20-27-11-4-3-5-12-27)43-39(53)44-33-15-6-8-16-40-33)36(50)46-18-10-14-31(46)37(51)45-17-9-7-13-28(45)22-54-24-41-26(2)35(49)47(32)21-25/h3-6,8,11-12,15-16,25-26,28-32,41H,7,9-10,13-14,17-24H2,1-2H3,(H,42,48)(H2,40,43,44,53)/t25-,26+,28+,29+,30+,31+,32+/m1/s1. The van der Waals surface area contributed by atoms with Gasteiger partial charge in [0.15, 0.2) is 0 Å². The summed E-state index contributed by atoms with van der Waals surface area (Å²) in [5.74, 6) is -2.16. The van der Waals surface area contributed by atoms with Gasteiger partial charge >= 0.3 is 12.0 Å². The number of carbonyl (C=O) groups is 6. The maximum atomic E-state index is 14.5. The topological polar surface area (TPSA) is 192 Å². The Morgan fingerprint density at radius 1 is 0.873 bits per heavy atom. The summed E-state index contributed by atoms with van der Waals surface area (Å²) >= 11 is 0. The third-order valence-electron chi connectivity index (χ3n) is 10.8. The highest BCUT2D eigenvalue weighted by molar-refractivity contribution is 5.97. The Hall–Kier alpha value is -5.09. The van der Waals surface area contributed by atoms with Gasteiger partial charge in [-0.1, -0.05) is 43.3 Å². The van der Waals surface area contributed by atoms with Gasteiger partial charge in [0.1, 0.15) is 36.6 Å². The quantitative estimate of drug-likeness (QED) is 0.313. The summed E-state index contributed by atoms with van der Waals surface area (Å²) in [6, 6.07) is 8.32. The summed E-state index contributed by atoms with van der Waals surface area (Å²) in [6.07, 6.45) is 5.47. The van der Waals surface area contributed by atoms with E-state index in [0.717, 1.165) is 24.8 Å². The molecule has 6 rings (SSSR count). The third kappa shape index (κ3) is 9.97. The maximum Gasteiger partial charge on any atom is 0.328 e. The zero-order valence-electron chi connectivity index (χ0n) is 31.5. The first kappa shape index (κ1) is 39.6. The highest BCUT2D eigenvalue weighted by Crippen LogP contribution is 2.27. The van der Waals surface area contributed by atoms with Crippen LogP contribution in [0, 0.1) is 5.92 Å². The number of anilines is 1. The normalized spacial score (nSPS) is 27.5. The Kier molecular flexibility index (Phi) is 13.3. The molecule has 7 atom stereocenters. The van der Waals surface area contributed by atoms with Crippen molar-refractivity contribution in [1.82, 2.24) is 35.6 Å². The van der Waals surface area contributed by atoms with Gasteiger partial charge in [-0.15, -0.1) is 0 Å². The lowest BCUT2D eigenvalue weighted by Crippen LogP contribution is -2.60. The second-order valence-corrected chi connectivity index (χ2v) is 14.9. The molecule has 0 unspecified atom stereocenters. The molecule has 0 bridgehead atoms. The summed E-state index contributed by atoms with van der Waals surface area (Å²) in [5, 5.41) is 11.2. The number of aromatic nitrogens is 1. The lowest BCUT2D eigenvalue weighted by atomic mass is 10.0. The Morgan fingerprint density at radius 3 is 2.44 bits per heavy atom. The number of amides is 6.